The zero-order chi connectivity index (χ0) is 24.5. The summed E-state index contributed by atoms with van der Waals surface area (Å²) in [4.78, 5) is 18.9. The monoisotopic (exact) mass is 476 g/mol. The summed E-state index contributed by atoms with van der Waals surface area (Å²) in [6.45, 7) is 1.63. The van der Waals surface area contributed by atoms with Crippen LogP contribution in [0.1, 0.15) is 30.0 Å². The molecule has 1 unspecified atom stereocenters. The fourth-order valence-corrected chi connectivity index (χ4v) is 4.06. The Morgan fingerprint density at radius 2 is 1.71 bits per heavy atom. The molecule has 0 saturated carbocycles. The third-order valence-corrected chi connectivity index (χ3v) is 5.80. The van der Waals surface area contributed by atoms with Gasteiger partial charge in [-0.2, -0.15) is 4.98 Å². The van der Waals surface area contributed by atoms with Crippen LogP contribution in [0.3, 0.4) is 0 Å². The summed E-state index contributed by atoms with van der Waals surface area (Å²) < 4.78 is 47.6. The van der Waals surface area contributed by atoms with Crippen molar-refractivity contribution < 1.29 is 22.5 Å². The second-order valence-electron chi connectivity index (χ2n) is 8.05. The van der Waals surface area contributed by atoms with E-state index in [0.29, 0.717) is 28.0 Å². The van der Waals surface area contributed by atoms with Crippen LogP contribution >= 0.6 is 0 Å². The van der Waals surface area contributed by atoms with Crippen molar-refractivity contribution in [2.24, 2.45) is 0 Å². The molecule has 3 aromatic carbocycles. The van der Waals surface area contributed by atoms with Crippen LogP contribution < -0.4 is 5.32 Å². The number of halogens is 3. The number of carbonyl (C=O) groups excluding carboxylic acids is 1. The van der Waals surface area contributed by atoms with Crippen LogP contribution in [0, 0.1) is 17.5 Å². The van der Waals surface area contributed by atoms with Crippen LogP contribution in [0.5, 0.6) is 0 Å². The van der Waals surface area contributed by atoms with Gasteiger partial charge in [-0.1, -0.05) is 47.6 Å². The second kappa shape index (κ2) is 9.09. The predicted molar refractivity (Wildman–Crippen MR) is 122 cm³/mol. The summed E-state index contributed by atoms with van der Waals surface area (Å²) in [6.07, 6.45) is 0. The Kier molecular flexibility index (Phi) is 5.82. The van der Waals surface area contributed by atoms with E-state index in [2.05, 4.69) is 15.5 Å². The molecule has 1 aromatic heterocycles. The maximum Gasteiger partial charge on any atom is 0.322 e. The number of aromatic nitrogens is 2. The minimum absolute atomic E-state index is 0.0470. The van der Waals surface area contributed by atoms with Crippen LogP contribution in [-0.4, -0.2) is 21.1 Å². The van der Waals surface area contributed by atoms with Crippen molar-refractivity contribution >= 4 is 11.6 Å². The predicted octanol–water partition coefficient (Wildman–Crippen LogP) is 5.85. The largest absolute Gasteiger partial charge is 0.334 e. The molecule has 9 heteroatoms. The lowest BCUT2D eigenvalue weighted by Crippen LogP contribution is -2.45. The summed E-state index contributed by atoms with van der Waals surface area (Å²) in [6, 6.07) is 16.4. The molecule has 0 fully saturated rings. The van der Waals surface area contributed by atoms with Gasteiger partial charge in [0.15, 0.2) is 0 Å². The molecule has 35 heavy (non-hydrogen) atoms. The summed E-state index contributed by atoms with van der Waals surface area (Å²) in [5.41, 5.74) is 2.03. The van der Waals surface area contributed by atoms with Gasteiger partial charge in [0, 0.05) is 16.8 Å². The number of hydrogen-bond donors (Lipinski definition) is 1. The molecule has 2 amide bonds. The van der Waals surface area contributed by atoms with Gasteiger partial charge in [-0.05, 0) is 42.8 Å². The van der Waals surface area contributed by atoms with Crippen LogP contribution in [0.15, 0.2) is 83.0 Å². The van der Waals surface area contributed by atoms with Crippen molar-refractivity contribution in [1.82, 2.24) is 20.4 Å². The fourth-order valence-electron chi connectivity index (χ4n) is 4.06. The number of benzene rings is 3. The van der Waals surface area contributed by atoms with Crippen molar-refractivity contribution in [1.29, 1.82) is 0 Å². The first-order valence-corrected chi connectivity index (χ1v) is 10.8. The lowest BCUT2D eigenvalue weighted by Gasteiger charge is -2.35. The van der Waals surface area contributed by atoms with Crippen LogP contribution in [0.4, 0.5) is 18.0 Å². The first-order chi connectivity index (χ1) is 16.9. The molecule has 0 bridgehead atoms. The molecule has 0 spiro atoms. The molecule has 0 radical (unpaired) electrons. The van der Waals surface area contributed by atoms with Crippen LogP contribution in [0.2, 0.25) is 0 Å². The van der Waals surface area contributed by atoms with E-state index in [1.54, 1.807) is 37.3 Å². The highest BCUT2D eigenvalue weighted by molar-refractivity contribution is 5.86. The van der Waals surface area contributed by atoms with E-state index >= 15 is 0 Å². The maximum atomic E-state index is 14.3. The zero-order valence-corrected chi connectivity index (χ0v) is 18.5. The normalized spacial score (nSPS) is 15.9. The van der Waals surface area contributed by atoms with Gasteiger partial charge in [-0.25, -0.2) is 18.0 Å². The van der Waals surface area contributed by atoms with Gasteiger partial charge in [0.05, 0.1) is 18.2 Å². The second-order valence-corrected chi connectivity index (χ2v) is 8.05. The first kappa shape index (κ1) is 22.4. The Balaban J connectivity index is 1.62. The standard InChI is InChI=1S/C26H19F3N4O2/c1-15-22(25-31-24(32-35-25)17-8-5-10-20(28)13-17)23(16-7-4-9-19(27)12-16)30-26(34)33(15)14-18-6-2-3-11-21(18)29/h2-13,23H,14H2,1H3,(H,30,34). The topological polar surface area (TPSA) is 71.3 Å². The van der Waals surface area contributed by atoms with Crippen molar-refractivity contribution in [3.63, 3.8) is 0 Å². The average Bonchev–Trinajstić information content (AvgIpc) is 3.32. The van der Waals surface area contributed by atoms with Gasteiger partial charge in [-0.3, -0.25) is 4.90 Å². The molecule has 1 aliphatic heterocycles. The van der Waals surface area contributed by atoms with E-state index in [9.17, 15) is 18.0 Å². The van der Waals surface area contributed by atoms with Crippen molar-refractivity contribution in [3.05, 3.63) is 113 Å². The number of nitrogens with one attached hydrogen (secondary N) is 1. The van der Waals surface area contributed by atoms with Crippen LogP contribution in [-0.2, 0) is 6.54 Å². The molecule has 176 valence electrons. The van der Waals surface area contributed by atoms with E-state index in [1.807, 2.05) is 0 Å². The molecule has 0 aliphatic carbocycles. The molecule has 1 aliphatic rings. The Bertz CT molecular complexity index is 1450. The Morgan fingerprint density at radius 1 is 0.971 bits per heavy atom. The summed E-state index contributed by atoms with van der Waals surface area (Å²) >= 11 is 0. The number of amides is 2. The smallest absolute Gasteiger partial charge is 0.322 e. The number of carbonyl (C=O) groups is 1. The van der Waals surface area contributed by atoms with Crippen molar-refractivity contribution in [2.45, 2.75) is 19.5 Å². The Hall–Kier alpha value is -4.40. The molecular weight excluding hydrogens is 457 g/mol. The number of allylic oxidation sites excluding steroid dienone is 1. The van der Waals surface area contributed by atoms with Gasteiger partial charge in [0.25, 0.3) is 5.89 Å². The quantitative estimate of drug-likeness (QED) is 0.392. The number of hydrogen-bond acceptors (Lipinski definition) is 4. The molecule has 2 heterocycles. The van der Waals surface area contributed by atoms with Gasteiger partial charge in [0.2, 0.25) is 5.82 Å². The third-order valence-electron chi connectivity index (χ3n) is 5.80. The minimum Gasteiger partial charge on any atom is -0.334 e. The van der Waals surface area contributed by atoms with Gasteiger partial charge in [0.1, 0.15) is 17.5 Å². The van der Waals surface area contributed by atoms with E-state index < -0.39 is 29.5 Å². The lowest BCUT2D eigenvalue weighted by molar-refractivity contribution is 0.202. The average molecular weight is 476 g/mol. The highest BCUT2D eigenvalue weighted by atomic mass is 19.1. The van der Waals surface area contributed by atoms with Crippen molar-refractivity contribution in [3.8, 4) is 11.4 Å². The van der Waals surface area contributed by atoms with E-state index in [0.717, 1.165) is 0 Å². The van der Waals surface area contributed by atoms with Gasteiger partial charge >= 0.3 is 6.03 Å². The third kappa shape index (κ3) is 4.40. The highest BCUT2D eigenvalue weighted by Crippen LogP contribution is 2.38. The highest BCUT2D eigenvalue weighted by Gasteiger charge is 2.36. The Labute approximate surface area is 198 Å². The molecule has 1 atom stereocenters. The van der Waals surface area contributed by atoms with Gasteiger partial charge in [-0.15, -0.1) is 0 Å². The number of nitrogens with zero attached hydrogens (tertiary/aromatic N) is 3. The molecule has 1 N–H and O–H groups in total. The molecular formula is C26H19F3N4O2. The van der Waals surface area contributed by atoms with E-state index in [-0.39, 0.29) is 18.3 Å². The Morgan fingerprint density at radius 3 is 2.46 bits per heavy atom. The van der Waals surface area contributed by atoms with Gasteiger partial charge < -0.3 is 9.84 Å². The molecule has 6 nitrogen and oxygen atoms in total. The minimum atomic E-state index is -0.809. The summed E-state index contributed by atoms with van der Waals surface area (Å²) in [7, 11) is 0. The lowest BCUT2D eigenvalue weighted by atomic mass is 9.94. The maximum absolute atomic E-state index is 14.3. The van der Waals surface area contributed by atoms with E-state index in [4.69, 9.17) is 4.52 Å². The number of rotatable bonds is 5. The van der Waals surface area contributed by atoms with Crippen molar-refractivity contribution in [2.75, 3.05) is 0 Å². The first-order valence-electron chi connectivity index (χ1n) is 10.8. The molecule has 5 rings (SSSR count). The summed E-state index contributed by atoms with van der Waals surface area (Å²) in [5.74, 6) is -1.17. The fraction of sp³-hybridized carbons (Fsp3) is 0.115. The van der Waals surface area contributed by atoms with Crippen LogP contribution in [0.25, 0.3) is 17.0 Å². The SMILES string of the molecule is CC1=C(c2nc(-c3cccc(F)c3)no2)C(c2cccc(F)c2)NC(=O)N1Cc1ccccc1F. The number of urea groups is 1. The summed E-state index contributed by atoms with van der Waals surface area (Å²) in [5, 5.41) is 6.81. The van der Waals surface area contributed by atoms with E-state index in [1.165, 1.54) is 47.4 Å². The molecule has 4 aromatic rings. The molecule has 0 saturated heterocycles. The zero-order valence-electron chi connectivity index (χ0n) is 18.5.